The van der Waals surface area contributed by atoms with Crippen LogP contribution in [0.3, 0.4) is 0 Å². The van der Waals surface area contributed by atoms with Crippen LogP contribution in [0.1, 0.15) is 49.6 Å². The number of nitrogens with zero attached hydrogens (tertiary/aromatic N) is 3. The van der Waals surface area contributed by atoms with E-state index in [0.717, 1.165) is 0 Å². The van der Waals surface area contributed by atoms with Gasteiger partial charge in [-0.25, -0.2) is 0 Å². The Balaban J connectivity index is 1.64. The molecular formula is C23H26F3N3O4. The summed E-state index contributed by atoms with van der Waals surface area (Å²) in [7, 11) is 0. The van der Waals surface area contributed by atoms with Crippen molar-refractivity contribution < 1.29 is 32.4 Å². The van der Waals surface area contributed by atoms with E-state index in [9.17, 15) is 23.1 Å². The van der Waals surface area contributed by atoms with Gasteiger partial charge in [0.25, 0.3) is 5.60 Å². The third-order valence-electron chi connectivity index (χ3n) is 6.28. The van der Waals surface area contributed by atoms with Crippen LogP contribution in [0.2, 0.25) is 0 Å². The summed E-state index contributed by atoms with van der Waals surface area (Å²) in [4.78, 5) is 20.0. The maximum absolute atomic E-state index is 14.2. The number of carbonyl (C=O) groups is 1. The topological polar surface area (TPSA) is 88.2 Å². The molecule has 1 aromatic heterocycles. The van der Waals surface area contributed by atoms with Crippen LogP contribution >= 0.6 is 0 Å². The molecule has 1 amide bonds. The smallest absolute Gasteiger partial charge is 0.391 e. The number of oxime groups is 1. The molecule has 4 atom stereocenters. The number of rotatable bonds is 5. The van der Waals surface area contributed by atoms with Crippen molar-refractivity contribution in [2.45, 2.75) is 63.5 Å². The summed E-state index contributed by atoms with van der Waals surface area (Å²) in [5.74, 6) is -0.826. The lowest BCUT2D eigenvalue weighted by atomic mass is 9.85. The molecule has 2 aliphatic heterocycles. The van der Waals surface area contributed by atoms with Gasteiger partial charge in [0.05, 0.1) is 23.6 Å². The Hall–Kier alpha value is -2.88. The van der Waals surface area contributed by atoms with E-state index in [0.29, 0.717) is 11.5 Å². The second-order valence-corrected chi connectivity index (χ2v) is 9.03. The molecule has 0 bridgehead atoms. The van der Waals surface area contributed by atoms with E-state index in [1.807, 2.05) is 13.8 Å². The van der Waals surface area contributed by atoms with Crippen molar-refractivity contribution in [2.75, 3.05) is 6.54 Å². The summed E-state index contributed by atoms with van der Waals surface area (Å²) in [6.45, 7) is 5.43. The molecule has 3 heterocycles. The molecule has 4 rings (SSSR count). The van der Waals surface area contributed by atoms with E-state index in [1.54, 1.807) is 19.1 Å². The van der Waals surface area contributed by atoms with Gasteiger partial charge in [0, 0.05) is 31.0 Å². The zero-order chi connectivity index (χ0) is 24.0. The number of halogens is 3. The van der Waals surface area contributed by atoms with Gasteiger partial charge >= 0.3 is 6.18 Å². The molecule has 33 heavy (non-hydrogen) atoms. The molecule has 7 nitrogen and oxygen atoms in total. The van der Waals surface area contributed by atoms with E-state index >= 15 is 0 Å². The molecule has 0 radical (unpaired) electrons. The van der Waals surface area contributed by atoms with Gasteiger partial charge in [-0.05, 0) is 12.8 Å². The van der Waals surface area contributed by atoms with Crippen LogP contribution in [0.25, 0.3) is 0 Å². The predicted octanol–water partition coefficient (Wildman–Crippen LogP) is 3.92. The van der Waals surface area contributed by atoms with Crippen LogP contribution in [-0.4, -0.2) is 51.6 Å². The Kier molecular flexibility index (Phi) is 5.98. The number of hydrogen-bond donors (Lipinski definition) is 1. The standard InChI is InChI=1S/C23H26F3N3O4/c1-13(2)20(19-9-14(3)27-32-19)21(31)29-12-16(30)10-18(29)17-11-22(33-28-17,23(24,25)26)15-7-5-4-6-8-15/h4-9,13,16,18,20,30H,10-12H2,1-3H3/t16-,18+,20-,22-/m1/s1. The van der Waals surface area contributed by atoms with Crippen LogP contribution < -0.4 is 0 Å². The first-order valence-electron chi connectivity index (χ1n) is 10.8. The van der Waals surface area contributed by atoms with Crippen LogP contribution in [-0.2, 0) is 15.2 Å². The number of aliphatic hydroxyl groups is 1. The van der Waals surface area contributed by atoms with Gasteiger partial charge in [-0.2, -0.15) is 13.2 Å². The molecular weight excluding hydrogens is 439 g/mol. The third-order valence-corrected chi connectivity index (χ3v) is 6.28. The Morgan fingerprint density at radius 1 is 1.27 bits per heavy atom. The highest BCUT2D eigenvalue weighted by Gasteiger charge is 2.63. The molecule has 0 aliphatic carbocycles. The number of aryl methyl sites for hydroxylation is 1. The minimum Gasteiger partial charge on any atom is -0.391 e. The first-order chi connectivity index (χ1) is 15.5. The van der Waals surface area contributed by atoms with E-state index < -0.39 is 36.3 Å². The van der Waals surface area contributed by atoms with E-state index in [4.69, 9.17) is 9.36 Å². The molecule has 0 saturated carbocycles. The van der Waals surface area contributed by atoms with Gasteiger partial charge in [-0.15, -0.1) is 0 Å². The number of carbonyl (C=O) groups excluding carboxylic acids is 1. The highest BCUT2D eigenvalue weighted by molar-refractivity contribution is 5.96. The van der Waals surface area contributed by atoms with Crippen molar-refractivity contribution in [3.8, 4) is 0 Å². The van der Waals surface area contributed by atoms with Gasteiger partial charge in [0.2, 0.25) is 5.91 Å². The second-order valence-electron chi connectivity index (χ2n) is 9.03. The fourth-order valence-electron chi connectivity index (χ4n) is 4.63. The van der Waals surface area contributed by atoms with E-state index in [1.165, 1.54) is 29.2 Å². The van der Waals surface area contributed by atoms with Crippen LogP contribution in [0, 0.1) is 12.8 Å². The predicted molar refractivity (Wildman–Crippen MR) is 112 cm³/mol. The first kappa shape index (κ1) is 23.3. The van der Waals surface area contributed by atoms with Gasteiger partial charge < -0.3 is 19.4 Å². The quantitative estimate of drug-likeness (QED) is 0.723. The minimum absolute atomic E-state index is 0.0107. The van der Waals surface area contributed by atoms with Crippen molar-refractivity contribution >= 4 is 11.6 Å². The normalized spacial score (nSPS) is 26.4. The zero-order valence-electron chi connectivity index (χ0n) is 18.5. The van der Waals surface area contributed by atoms with Gasteiger partial charge in [0.15, 0.2) is 0 Å². The Morgan fingerprint density at radius 2 is 1.97 bits per heavy atom. The number of benzene rings is 1. The van der Waals surface area contributed by atoms with Gasteiger partial charge in [-0.3, -0.25) is 4.79 Å². The number of β-amino-alcohol motifs (C(OH)–C–C–N with tert-alkyl or cyclic N) is 1. The summed E-state index contributed by atoms with van der Waals surface area (Å²) >= 11 is 0. The molecule has 178 valence electrons. The van der Waals surface area contributed by atoms with Crippen molar-refractivity contribution in [2.24, 2.45) is 11.1 Å². The first-order valence-corrected chi connectivity index (χ1v) is 10.8. The number of hydrogen-bond acceptors (Lipinski definition) is 6. The van der Waals surface area contributed by atoms with Crippen molar-refractivity contribution in [3.05, 3.63) is 53.4 Å². The number of aliphatic hydroxyl groups excluding tert-OH is 1. The molecule has 1 aromatic carbocycles. The lowest BCUT2D eigenvalue weighted by molar-refractivity contribution is -0.275. The summed E-state index contributed by atoms with van der Waals surface area (Å²) in [6, 6.07) is 8.18. The van der Waals surface area contributed by atoms with Crippen molar-refractivity contribution in [3.63, 3.8) is 0 Å². The molecule has 1 fully saturated rings. The lowest BCUT2D eigenvalue weighted by Crippen LogP contribution is -2.47. The second kappa shape index (κ2) is 8.48. The number of amides is 1. The zero-order valence-corrected chi connectivity index (χ0v) is 18.5. The SMILES string of the molecule is Cc1cc([C@H](C(=O)N2C[C@H](O)C[C@H]2C2=NO[C@](c3ccccc3)(C(F)(F)F)C2)C(C)C)on1. The average Bonchev–Trinajstić information content (AvgIpc) is 3.46. The monoisotopic (exact) mass is 465 g/mol. The molecule has 1 N–H and O–H groups in total. The molecule has 10 heteroatoms. The summed E-state index contributed by atoms with van der Waals surface area (Å²) in [5.41, 5.74) is -2.00. The highest BCUT2D eigenvalue weighted by atomic mass is 19.4. The van der Waals surface area contributed by atoms with Crippen LogP contribution in [0.5, 0.6) is 0 Å². The Morgan fingerprint density at radius 3 is 2.55 bits per heavy atom. The largest absolute Gasteiger partial charge is 0.435 e. The lowest BCUT2D eigenvalue weighted by Gasteiger charge is -2.31. The van der Waals surface area contributed by atoms with Crippen LogP contribution in [0.15, 0.2) is 46.1 Å². The van der Waals surface area contributed by atoms with Gasteiger partial charge in [0.1, 0.15) is 11.7 Å². The maximum Gasteiger partial charge on any atom is 0.435 e. The number of alkyl halides is 3. The number of aromatic nitrogens is 1. The molecule has 2 aromatic rings. The fraction of sp³-hybridized carbons (Fsp3) is 0.522. The Bertz CT molecular complexity index is 1040. The molecule has 1 saturated heterocycles. The minimum atomic E-state index is -4.73. The van der Waals surface area contributed by atoms with Crippen LogP contribution in [0.4, 0.5) is 13.2 Å². The van der Waals surface area contributed by atoms with Crippen molar-refractivity contribution in [1.82, 2.24) is 10.1 Å². The van der Waals surface area contributed by atoms with Gasteiger partial charge in [-0.1, -0.05) is 54.5 Å². The average molecular weight is 465 g/mol. The summed E-state index contributed by atoms with van der Waals surface area (Å²) < 4.78 is 47.9. The molecule has 0 unspecified atom stereocenters. The summed E-state index contributed by atoms with van der Waals surface area (Å²) in [5, 5.41) is 18.0. The number of likely N-dealkylation sites (tertiary alicyclic amines) is 1. The Labute approximate surface area is 189 Å². The van der Waals surface area contributed by atoms with E-state index in [2.05, 4.69) is 10.3 Å². The fourth-order valence-corrected chi connectivity index (χ4v) is 4.63. The third kappa shape index (κ3) is 4.12. The highest BCUT2D eigenvalue weighted by Crippen LogP contribution is 2.49. The molecule has 2 aliphatic rings. The maximum atomic E-state index is 14.2. The van der Waals surface area contributed by atoms with E-state index in [-0.39, 0.29) is 36.1 Å². The molecule has 0 spiro atoms. The van der Waals surface area contributed by atoms with Crippen molar-refractivity contribution in [1.29, 1.82) is 0 Å². The summed E-state index contributed by atoms with van der Waals surface area (Å²) in [6.07, 6.45) is -6.10.